The summed E-state index contributed by atoms with van der Waals surface area (Å²) < 4.78 is 0. The zero-order chi connectivity index (χ0) is 8.20. The predicted octanol–water partition coefficient (Wildman–Crippen LogP) is 1.81. The Morgan fingerprint density at radius 3 is 2.40 bits per heavy atom. The van der Waals surface area contributed by atoms with E-state index in [1.54, 1.807) is 0 Å². The lowest BCUT2D eigenvalue weighted by Gasteiger charge is -2.26. The van der Waals surface area contributed by atoms with Gasteiger partial charge in [-0.3, -0.25) is 0 Å². The highest BCUT2D eigenvalue weighted by Gasteiger charge is 2.23. The van der Waals surface area contributed by atoms with Crippen molar-refractivity contribution in [3.8, 4) is 12.3 Å². The SMILES string of the molecule is C#CCCC(C)(O)C(C)C. The molecule has 1 unspecified atom stereocenters. The highest BCUT2D eigenvalue weighted by molar-refractivity contribution is 4.88. The monoisotopic (exact) mass is 140 g/mol. The average Bonchev–Trinajstić information content (AvgIpc) is 1.84. The van der Waals surface area contributed by atoms with Crippen LogP contribution in [0.3, 0.4) is 0 Å². The summed E-state index contributed by atoms with van der Waals surface area (Å²) in [5, 5.41) is 9.63. The summed E-state index contributed by atoms with van der Waals surface area (Å²) in [7, 11) is 0. The van der Waals surface area contributed by atoms with E-state index in [4.69, 9.17) is 6.42 Å². The largest absolute Gasteiger partial charge is 0.390 e. The number of terminal acetylenes is 1. The van der Waals surface area contributed by atoms with Crippen molar-refractivity contribution in [1.29, 1.82) is 0 Å². The molecule has 0 aromatic carbocycles. The Bertz CT molecular complexity index is 128. The maximum atomic E-state index is 9.63. The fourth-order valence-corrected chi connectivity index (χ4v) is 0.614. The molecule has 0 saturated carbocycles. The number of hydrogen-bond acceptors (Lipinski definition) is 1. The van der Waals surface area contributed by atoms with Gasteiger partial charge in [0.1, 0.15) is 0 Å². The van der Waals surface area contributed by atoms with Crippen LogP contribution in [0, 0.1) is 18.3 Å². The van der Waals surface area contributed by atoms with Gasteiger partial charge in [-0.1, -0.05) is 13.8 Å². The summed E-state index contributed by atoms with van der Waals surface area (Å²) in [6.07, 6.45) is 6.43. The van der Waals surface area contributed by atoms with Crippen LogP contribution < -0.4 is 0 Å². The van der Waals surface area contributed by atoms with E-state index in [1.807, 2.05) is 20.8 Å². The lowest BCUT2D eigenvalue weighted by Crippen LogP contribution is -2.30. The van der Waals surface area contributed by atoms with Crippen molar-refractivity contribution in [2.75, 3.05) is 0 Å². The number of rotatable bonds is 3. The fourth-order valence-electron chi connectivity index (χ4n) is 0.614. The van der Waals surface area contributed by atoms with Gasteiger partial charge in [-0.2, -0.15) is 0 Å². The summed E-state index contributed by atoms with van der Waals surface area (Å²) in [4.78, 5) is 0. The molecule has 0 rings (SSSR count). The Labute approximate surface area is 63.5 Å². The van der Waals surface area contributed by atoms with E-state index < -0.39 is 5.60 Å². The van der Waals surface area contributed by atoms with Gasteiger partial charge in [0.15, 0.2) is 0 Å². The van der Waals surface area contributed by atoms with E-state index >= 15 is 0 Å². The molecule has 0 aromatic rings. The normalized spacial score (nSPS) is 16.4. The van der Waals surface area contributed by atoms with E-state index in [0.29, 0.717) is 12.8 Å². The first-order chi connectivity index (χ1) is 4.50. The molecule has 0 aromatic heterocycles. The molecule has 1 heteroatoms. The summed E-state index contributed by atoms with van der Waals surface area (Å²) >= 11 is 0. The Kier molecular flexibility index (Phi) is 3.46. The minimum absolute atomic E-state index is 0.279. The fraction of sp³-hybridized carbons (Fsp3) is 0.778. The third-order valence-electron chi connectivity index (χ3n) is 2.02. The molecule has 1 atom stereocenters. The van der Waals surface area contributed by atoms with Crippen molar-refractivity contribution in [1.82, 2.24) is 0 Å². The third kappa shape index (κ3) is 2.89. The van der Waals surface area contributed by atoms with Crippen molar-refractivity contribution in [3.63, 3.8) is 0 Å². The Balaban J connectivity index is 3.77. The second kappa shape index (κ2) is 3.63. The van der Waals surface area contributed by atoms with Crippen LogP contribution in [0.25, 0.3) is 0 Å². The maximum Gasteiger partial charge on any atom is 0.0651 e. The van der Waals surface area contributed by atoms with Gasteiger partial charge in [0.25, 0.3) is 0 Å². The highest BCUT2D eigenvalue weighted by Crippen LogP contribution is 2.21. The topological polar surface area (TPSA) is 20.2 Å². The van der Waals surface area contributed by atoms with E-state index in [0.717, 1.165) is 0 Å². The minimum Gasteiger partial charge on any atom is -0.390 e. The Morgan fingerprint density at radius 1 is 1.60 bits per heavy atom. The first kappa shape index (κ1) is 9.52. The average molecular weight is 140 g/mol. The molecule has 0 spiro atoms. The zero-order valence-corrected chi connectivity index (χ0v) is 7.02. The van der Waals surface area contributed by atoms with Gasteiger partial charge in [0, 0.05) is 6.42 Å². The van der Waals surface area contributed by atoms with Gasteiger partial charge in [0.05, 0.1) is 5.60 Å². The molecule has 0 heterocycles. The van der Waals surface area contributed by atoms with Crippen molar-refractivity contribution in [3.05, 3.63) is 0 Å². The summed E-state index contributed by atoms with van der Waals surface area (Å²) in [6, 6.07) is 0. The molecule has 1 N–H and O–H groups in total. The van der Waals surface area contributed by atoms with Gasteiger partial charge in [0.2, 0.25) is 0 Å². The van der Waals surface area contributed by atoms with Gasteiger partial charge in [-0.15, -0.1) is 12.3 Å². The summed E-state index contributed by atoms with van der Waals surface area (Å²) in [6.45, 7) is 5.82. The van der Waals surface area contributed by atoms with Crippen LogP contribution >= 0.6 is 0 Å². The van der Waals surface area contributed by atoms with Crippen LogP contribution in [-0.4, -0.2) is 10.7 Å². The van der Waals surface area contributed by atoms with Crippen LogP contribution in [-0.2, 0) is 0 Å². The molecule has 0 saturated heterocycles. The molecule has 10 heavy (non-hydrogen) atoms. The molecule has 58 valence electrons. The van der Waals surface area contributed by atoms with Gasteiger partial charge < -0.3 is 5.11 Å². The molecule has 0 fully saturated rings. The highest BCUT2D eigenvalue weighted by atomic mass is 16.3. The standard InChI is InChI=1S/C9H16O/c1-5-6-7-9(4,10)8(2)3/h1,8,10H,6-7H2,2-4H3. The van der Waals surface area contributed by atoms with Crippen LogP contribution in [0.2, 0.25) is 0 Å². The van der Waals surface area contributed by atoms with Crippen molar-refractivity contribution in [2.45, 2.75) is 39.2 Å². The Hall–Kier alpha value is -0.480. The lowest BCUT2D eigenvalue weighted by atomic mass is 9.88. The first-order valence-corrected chi connectivity index (χ1v) is 3.66. The molecule has 0 aliphatic heterocycles. The van der Waals surface area contributed by atoms with Crippen molar-refractivity contribution >= 4 is 0 Å². The van der Waals surface area contributed by atoms with Crippen LogP contribution in [0.5, 0.6) is 0 Å². The van der Waals surface area contributed by atoms with Gasteiger partial charge in [-0.25, -0.2) is 0 Å². The van der Waals surface area contributed by atoms with E-state index in [1.165, 1.54) is 0 Å². The second-order valence-electron chi connectivity index (χ2n) is 3.22. The Morgan fingerprint density at radius 2 is 2.10 bits per heavy atom. The minimum atomic E-state index is -0.591. The number of hydrogen-bond donors (Lipinski definition) is 1. The van der Waals surface area contributed by atoms with Crippen molar-refractivity contribution < 1.29 is 5.11 Å². The lowest BCUT2D eigenvalue weighted by molar-refractivity contribution is 0.00680. The van der Waals surface area contributed by atoms with Crippen LogP contribution in [0.4, 0.5) is 0 Å². The van der Waals surface area contributed by atoms with E-state index in [2.05, 4.69) is 5.92 Å². The van der Waals surface area contributed by atoms with E-state index in [9.17, 15) is 5.11 Å². The molecule has 0 aliphatic carbocycles. The smallest absolute Gasteiger partial charge is 0.0651 e. The van der Waals surface area contributed by atoms with E-state index in [-0.39, 0.29) is 5.92 Å². The first-order valence-electron chi connectivity index (χ1n) is 3.66. The van der Waals surface area contributed by atoms with Crippen LogP contribution in [0.1, 0.15) is 33.6 Å². The number of aliphatic hydroxyl groups is 1. The molecule has 0 bridgehead atoms. The third-order valence-corrected chi connectivity index (χ3v) is 2.02. The van der Waals surface area contributed by atoms with Gasteiger partial charge in [-0.05, 0) is 19.3 Å². The zero-order valence-electron chi connectivity index (χ0n) is 7.02. The maximum absolute atomic E-state index is 9.63. The molecule has 0 amide bonds. The second-order valence-corrected chi connectivity index (χ2v) is 3.22. The molecular formula is C9H16O. The quantitative estimate of drug-likeness (QED) is 0.593. The molecule has 0 radical (unpaired) electrons. The molecule has 0 aliphatic rings. The summed E-state index contributed by atoms with van der Waals surface area (Å²) in [5.74, 6) is 2.80. The van der Waals surface area contributed by atoms with Crippen molar-refractivity contribution in [2.24, 2.45) is 5.92 Å². The summed E-state index contributed by atoms with van der Waals surface area (Å²) in [5.41, 5.74) is -0.591. The van der Waals surface area contributed by atoms with Gasteiger partial charge >= 0.3 is 0 Å². The van der Waals surface area contributed by atoms with Crippen LogP contribution in [0.15, 0.2) is 0 Å². The molecular weight excluding hydrogens is 124 g/mol. The molecule has 1 nitrogen and oxygen atoms in total. The predicted molar refractivity (Wildman–Crippen MR) is 43.5 cm³/mol.